The number of nitrogens with zero attached hydrogens (tertiary/aromatic N) is 1. The monoisotopic (exact) mass is 562 g/mol. The molecule has 6 rings (SSSR count). The molecule has 3 heterocycles. The lowest BCUT2D eigenvalue weighted by molar-refractivity contribution is -0.122. The Hall–Kier alpha value is -3.33. The number of aromatic amines is 1. The van der Waals surface area contributed by atoms with E-state index in [0.717, 1.165) is 32.9 Å². The number of thioether (sulfide) groups is 1. The van der Waals surface area contributed by atoms with Gasteiger partial charge in [0, 0.05) is 21.4 Å². The van der Waals surface area contributed by atoms with Gasteiger partial charge in [-0.3, -0.25) is 14.4 Å². The van der Waals surface area contributed by atoms with Crippen LogP contribution in [0.3, 0.4) is 0 Å². The highest BCUT2D eigenvalue weighted by Gasteiger charge is 2.56. The predicted molar refractivity (Wildman–Crippen MR) is 151 cm³/mol. The summed E-state index contributed by atoms with van der Waals surface area (Å²) in [4.78, 5) is 44.7. The number of fused-ring (bicyclic) bond motifs is 2. The van der Waals surface area contributed by atoms with Crippen molar-refractivity contribution < 1.29 is 14.3 Å². The van der Waals surface area contributed by atoms with Gasteiger partial charge in [-0.1, -0.05) is 76.7 Å². The molecule has 6 nitrogen and oxygen atoms in total. The van der Waals surface area contributed by atoms with Crippen LogP contribution in [0.1, 0.15) is 33.0 Å². The van der Waals surface area contributed by atoms with Crippen molar-refractivity contribution in [2.45, 2.75) is 36.6 Å². The van der Waals surface area contributed by atoms with E-state index < -0.39 is 17.1 Å². The van der Waals surface area contributed by atoms with E-state index in [0.29, 0.717) is 33.7 Å². The standard InChI is InChI=1S/C29H23ClN2O4S2/c1-15-7-10-19(11-8-15)32-27(33)23-22(24-26(31-29(35)38-24)37-25(23)28(32)34)20-13-18(30)9-12-21(20)36-14-17-6-4-3-5-16(17)2/h3-13,22-23,25H,14H2,1-2H3,(H,31,35)/t22-,23-,25+/m0/s1. The zero-order valence-corrected chi connectivity index (χ0v) is 23.0. The number of ether oxygens (including phenoxy) is 1. The van der Waals surface area contributed by atoms with Crippen LogP contribution in [0.2, 0.25) is 5.02 Å². The predicted octanol–water partition coefficient (Wildman–Crippen LogP) is 6.08. The summed E-state index contributed by atoms with van der Waals surface area (Å²) in [5.41, 5.74) is 4.40. The Morgan fingerprint density at radius 1 is 0.974 bits per heavy atom. The summed E-state index contributed by atoms with van der Waals surface area (Å²) in [7, 11) is 0. The normalized spacial score (nSPS) is 20.4. The van der Waals surface area contributed by atoms with Crippen LogP contribution in [0.5, 0.6) is 5.75 Å². The number of benzene rings is 3. The van der Waals surface area contributed by atoms with E-state index in [-0.39, 0.29) is 16.7 Å². The maximum atomic E-state index is 14.0. The summed E-state index contributed by atoms with van der Waals surface area (Å²) in [6.45, 7) is 4.31. The third-order valence-electron chi connectivity index (χ3n) is 7.07. The molecule has 2 amide bonds. The molecule has 1 N–H and O–H groups in total. The second kappa shape index (κ2) is 9.76. The van der Waals surface area contributed by atoms with Crippen molar-refractivity contribution in [3.63, 3.8) is 0 Å². The van der Waals surface area contributed by atoms with Gasteiger partial charge in [-0.15, -0.1) is 0 Å². The number of carbonyl (C=O) groups is 2. The molecule has 1 aromatic heterocycles. The lowest BCUT2D eigenvalue weighted by atomic mass is 9.82. The Morgan fingerprint density at radius 3 is 2.50 bits per heavy atom. The van der Waals surface area contributed by atoms with Gasteiger partial charge in [0.1, 0.15) is 17.6 Å². The zero-order valence-electron chi connectivity index (χ0n) is 20.6. The van der Waals surface area contributed by atoms with E-state index >= 15 is 0 Å². The number of imide groups is 1. The van der Waals surface area contributed by atoms with Crippen molar-refractivity contribution in [1.29, 1.82) is 0 Å². The summed E-state index contributed by atoms with van der Waals surface area (Å²) in [6.07, 6.45) is 0. The molecule has 9 heteroatoms. The minimum atomic E-state index is -0.716. The van der Waals surface area contributed by atoms with Crippen LogP contribution >= 0.6 is 34.7 Å². The third kappa shape index (κ3) is 4.26. The fourth-order valence-corrected chi connectivity index (χ4v) is 7.81. The molecule has 3 atom stereocenters. The minimum Gasteiger partial charge on any atom is -0.489 e. The van der Waals surface area contributed by atoms with Crippen LogP contribution in [0.4, 0.5) is 5.69 Å². The van der Waals surface area contributed by atoms with Crippen molar-refractivity contribution in [2.75, 3.05) is 4.90 Å². The van der Waals surface area contributed by atoms with Crippen LogP contribution in [-0.4, -0.2) is 22.0 Å². The number of hydrogen-bond donors (Lipinski definition) is 1. The van der Waals surface area contributed by atoms with E-state index in [1.54, 1.807) is 30.3 Å². The highest BCUT2D eigenvalue weighted by molar-refractivity contribution is 8.00. The molecule has 1 fully saturated rings. The number of H-pyrrole nitrogens is 1. The van der Waals surface area contributed by atoms with E-state index in [1.165, 1.54) is 16.7 Å². The quantitative estimate of drug-likeness (QED) is 0.298. The van der Waals surface area contributed by atoms with Crippen molar-refractivity contribution >= 4 is 52.2 Å². The molecule has 0 spiro atoms. The maximum Gasteiger partial charge on any atom is 0.305 e. The van der Waals surface area contributed by atoms with E-state index in [9.17, 15) is 14.4 Å². The average Bonchev–Trinajstić information content (AvgIpc) is 3.39. The number of aryl methyl sites for hydroxylation is 2. The van der Waals surface area contributed by atoms with E-state index in [2.05, 4.69) is 4.98 Å². The Balaban J connectivity index is 1.45. The molecule has 0 radical (unpaired) electrons. The number of anilines is 1. The molecule has 2 aliphatic heterocycles. The Kier molecular flexibility index (Phi) is 6.42. The van der Waals surface area contributed by atoms with Gasteiger partial charge in [-0.2, -0.15) is 0 Å². The molecule has 0 unspecified atom stereocenters. The van der Waals surface area contributed by atoms with Gasteiger partial charge in [-0.25, -0.2) is 4.90 Å². The Bertz CT molecular complexity index is 1630. The van der Waals surface area contributed by atoms with E-state index in [1.807, 2.05) is 50.2 Å². The number of amides is 2. The van der Waals surface area contributed by atoms with Gasteiger partial charge in [0.05, 0.1) is 16.6 Å². The minimum absolute atomic E-state index is 0.229. The summed E-state index contributed by atoms with van der Waals surface area (Å²) < 4.78 is 6.31. The van der Waals surface area contributed by atoms with Crippen LogP contribution in [-0.2, 0) is 16.2 Å². The first kappa shape index (κ1) is 25.0. The number of rotatable bonds is 5. The molecular weight excluding hydrogens is 540 g/mol. The van der Waals surface area contributed by atoms with Gasteiger partial charge < -0.3 is 9.72 Å². The Labute approximate surface area is 232 Å². The molecule has 4 aromatic rings. The summed E-state index contributed by atoms with van der Waals surface area (Å²) in [5, 5.41) is 0.410. The summed E-state index contributed by atoms with van der Waals surface area (Å²) in [6, 6.07) is 20.6. The molecular formula is C29H23ClN2O4S2. The summed E-state index contributed by atoms with van der Waals surface area (Å²) in [5.74, 6) is -1.31. The number of hydrogen-bond acceptors (Lipinski definition) is 6. The van der Waals surface area contributed by atoms with Crippen molar-refractivity contribution in [2.24, 2.45) is 5.92 Å². The van der Waals surface area contributed by atoms with Gasteiger partial charge in [-0.05, 0) is 55.3 Å². The topological polar surface area (TPSA) is 79.5 Å². The molecule has 1 saturated heterocycles. The molecule has 3 aromatic carbocycles. The largest absolute Gasteiger partial charge is 0.489 e. The maximum absolute atomic E-state index is 14.0. The third-order valence-corrected chi connectivity index (χ3v) is 9.70. The van der Waals surface area contributed by atoms with Crippen molar-refractivity contribution in [3.05, 3.63) is 109 Å². The number of aromatic nitrogens is 1. The fourth-order valence-electron chi connectivity index (χ4n) is 5.12. The molecule has 0 bridgehead atoms. The lowest BCUT2D eigenvalue weighted by Gasteiger charge is -2.31. The molecule has 0 aliphatic carbocycles. The first-order chi connectivity index (χ1) is 18.3. The number of nitrogens with one attached hydrogen (secondary N) is 1. The summed E-state index contributed by atoms with van der Waals surface area (Å²) >= 11 is 8.78. The smallest absolute Gasteiger partial charge is 0.305 e. The van der Waals surface area contributed by atoms with E-state index in [4.69, 9.17) is 16.3 Å². The Morgan fingerprint density at radius 2 is 1.74 bits per heavy atom. The first-order valence-electron chi connectivity index (χ1n) is 12.1. The zero-order chi connectivity index (χ0) is 26.6. The van der Waals surface area contributed by atoms with Crippen LogP contribution in [0, 0.1) is 19.8 Å². The number of carbonyl (C=O) groups excluding carboxylic acids is 2. The van der Waals surface area contributed by atoms with Gasteiger partial charge in [0.2, 0.25) is 11.8 Å². The molecule has 0 saturated carbocycles. The highest BCUT2D eigenvalue weighted by atomic mass is 35.5. The SMILES string of the molecule is Cc1ccc(N2C(=O)[C@H]3[C@H](c4cc(Cl)ccc4OCc4ccccc4C)c4sc(=O)[nH]c4S[C@H]3C2=O)cc1. The highest BCUT2D eigenvalue weighted by Crippen LogP contribution is 2.54. The van der Waals surface area contributed by atoms with Crippen LogP contribution in [0.15, 0.2) is 76.6 Å². The molecule has 192 valence electrons. The fraction of sp³-hybridized carbons (Fsp3) is 0.207. The average molecular weight is 563 g/mol. The van der Waals surface area contributed by atoms with Gasteiger partial charge >= 0.3 is 4.87 Å². The van der Waals surface area contributed by atoms with Gasteiger partial charge in [0.25, 0.3) is 0 Å². The van der Waals surface area contributed by atoms with Crippen molar-refractivity contribution in [1.82, 2.24) is 4.98 Å². The number of halogens is 1. The van der Waals surface area contributed by atoms with Crippen LogP contribution in [0.25, 0.3) is 0 Å². The number of thiazole rings is 1. The first-order valence-corrected chi connectivity index (χ1v) is 14.2. The lowest BCUT2D eigenvalue weighted by Crippen LogP contribution is -2.32. The molecule has 2 aliphatic rings. The second-order valence-electron chi connectivity index (χ2n) is 9.49. The van der Waals surface area contributed by atoms with Crippen molar-refractivity contribution in [3.8, 4) is 5.75 Å². The molecule has 38 heavy (non-hydrogen) atoms. The van der Waals surface area contributed by atoms with Crippen LogP contribution < -0.4 is 14.5 Å². The van der Waals surface area contributed by atoms with Gasteiger partial charge in [0.15, 0.2) is 0 Å². The second-order valence-corrected chi connectivity index (χ2v) is 12.1.